The van der Waals surface area contributed by atoms with Gasteiger partial charge in [-0.15, -0.1) is 0 Å². The Hall–Kier alpha value is 0.0201. The van der Waals surface area contributed by atoms with Gasteiger partial charge < -0.3 is 24.8 Å². The molecule has 0 nitrogen and oxygen atoms in total. The fourth-order valence-electron chi connectivity index (χ4n) is 1.32. The summed E-state index contributed by atoms with van der Waals surface area (Å²) in [7, 11) is 0. The van der Waals surface area contributed by atoms with Gasteiger partial charge in [-0.3, -0.25) is 0 Å². The Morgan fingerprint density at radius 1 is 0.850 bits per heavy atom. The third kappa shape index (κ3) is 14.4. The molecule has 0 fully saturated rings. The van der Waals surface area contributed by atoms with Crippen LogP contribution < -0.4 is 24.8 Å². The molecule has 0 amide bonds. The molecule has 0 spiro atoms. The van der Waals surface area contributed by atoms with Gasteiger partial charge in [-0.2, -0.15) is 46.5 Å². The third-order valence-corrected chi connectivity index (χ3v) is 2.38. The molecule has 2 aromatic carbocycles. The molecule has 0 aromatic heterocycles. The zero-order valence-electron chi connectivity index (χ0n) is 13.2. The van der Waals surface area contributed by atoms with Crippen molar-refractivity contribution in [2.75, 3.05) is 0 Å². The molecule has 0 aliphatic heterocycles. The van der Waals surface area contributed by atoms with E-state index in [1.54, 1.807) is 3.26 Å². The van der Waals surface area contributed by atoms with Gasteiger partial charge in [0.05, 0.1) is 0 Å². The second-order valence-corrected chi connectivity index (χ2v) is 8.45. The van der Waals surface area contributed by atoms with Gasteiger partial charge in [0.1, 0.15) is 0 Å². The van der Waals surface area contributed by atoms with Gasteiger partial charge in [-0.25, -0.2) is 12.1 Å². The van der Waals surface area contributed by atoms with Gasteiger partial charge in [0.25, 0.3) is 0 Å². The zero-order chi connectivity index (χ0) is 14.1. The van der Waals surface area contributed by atoms with Crippen molar-refractivity contribution in [3.05, 3.63) is 58.7 Å². The second kappa shape index (κ2) is 14.0. The summed E-state index contributed by atoms with van der Waals surface area (Å²) in [6.45, 7) is 12.7. The van der Waals surface area contributed by atoms with Crippen molar-refractivity contribution in [3.8, 4) is 0 Å². The SMILES string of the molecule is C[C](C)=[Hf+2].Cc1c[cH-]cc1C.Cc1ccc(C)[cH-]1.[Cl-].[Cl-]. The Morgan fingerprint density at radius 2 is 1.15 bits per heavy atom. The fraction of sp³-hybridized carbons (Fsp3) is 0.353. The van der Waals surface area contributed by atoms with Crippen molar-refractivity contribution in [2.45, 2.75) is 41.5 Å². The van der Waals surface area contributed by atoms with Gasteiger partial charge in [0, 0.05) is 0 Å². The summed E-state index contributed by atoms with van der Waals surface area (Å²) >= 11 is 1.27. The van der Waals surface area contributed by atoms with Gasteiger partial charge >= 0.3 is 41.0 Å². The van der Waals surface area contributed by atoms with Crippen LogP contribution in [0.2, 0.25) is 0 Å². The Balaban J connectivity index is -0.000000215. The van der Waals surface area contributed by atoms with E-state index in [9.17, 15) is 0 Å². The Labute approximate surface area is 151 Å². The van der Waals surface area contributed by atoms with E-state index in [2.05, 4.69) is 77.9 Å². The maximum atomic E-state index is 2.17. The van der Waals surface area contributed by atoms with Crippen LogP contribution in [0.4, 0.5) is 0 Å². The second-order valence-electron chi connectivity index (χ2n) is 4.86. The van der Waals surface area contributed by atoms with E-state index in [4.69, 9.17) is 0 Å². The van der Waals surface area contributed by atoms with E-state index in [-0.39, 0.29) is 24.8 Å². The Bertz CT molecular complexity index is 430. The number of hydrogen-bond donors (Lipinski definition) is 0. The van der Waals surface area contributed by atoms with Gasteiger partial charge in [0.15, 0.2) is 0 Å². The summed E-state index contributed by atoms with van der Waals surface area (Å²) in [4.78, 5) is 0. The Morgan fingerprint density at radius 3 is 1.25 bits per heavy atom. The largest absolute Gasteiger partial charge is 1.00 e. The maximum absolute atomic E-state index is 2.17. The normalized spacial score (nSPS) is 8.00. The van der Waals surface area contributed by atoms with Crippen LogP contribution in [-0.4, -0.2) is 3.26 Å². The van der Waals surface area contributed by atoms with E-state index in [0.717, 1.165) is 0 Å². The summed E-state index contributed by atoms with van der Waals surface area (Å²) in [5.74, 6) is 0. The van der Waals surface area contributed by atoms with E-state index >= 15 is 0 Å². The molecule has 0 N–H and O–H groups in total. The van der Waals surface area contributed by atoms with Crippen molar-refractivity contribution in [2.24, 2.45) is 0 Å². The van der Waals surface area contributed by atoms with Crippen molar-refractivity contribution in [3.63, 3.8) is 0 Å². The molecule has 2 rings (SSSR count). The molecule has 0 heterocycles. The quantitative estimate of drug-likeness (QED) is 0.330. The summed E-state index contributed by atoms with van der Waals surface area (Å²) in [6.07, 6.45) is 0. The molecule has 0 unspecified atom stereocenters. The standard InChI is InChI=1S/2C7H9.C3H6.2ClH.Hf/c1-6-3-4-7(2)5-6;1-6-4-3-5-7(6)2;1-3-2;;;/h2*3-5H,1-2H3;1-2H3;2*1H;/q2*-1;;;;+2/p-2. The molecule has 0 bridgehead atoms. The summed E-state index contributed by atoms with van der Waals surface area (Å²) in [5.41, 5.74) is 5.50. The molecule has 112 valence electrons. The first-order valence-corrected chi connectivity index (χ1v) is 8.03. The van der Waals surface area contributed by atoms with Crippen LogP contribution in [-0.2, 0) is 23.9 Å². The first-order chi connectivity index (χ1) is 8.32. The molecule has 0 atom stereocenters. The topological polar surface area (TPSA) is 0 Å². The van der Waals surface area contributed by atoms with E-state index in [1.807, 2.05) is 0 Å². The van der Waals surface area contributed by atoms with Crippen LogP contribution in [0.25, 0.3) is 0 Å². The molecule has 0 aliphatic carbocycles. The van der Waals surface area contributed by atoms with Gasteiger partial charge in [0.2, 0.25) is 0 Å². The van der Waals surface area contributed by atoms with Crippen molar-refractivity contribution < 1.29 is 48.7 Å². The molecule has 20 heavy (non-hydrogen) atoms. The molecule has 0 radical (unpaired) electrons. The Kier molecular flexibility index (Phi) is 17.5. The van der Waals surface area contributed by atoms with Crippen LogP contribution in [0.3, 0.4) is 0 Å². The van der Waals surface area contributed by atoms with Gasteiger partial charge in [-0.1, -0.05) is 27.7 Å². The average Bonchev–Trinajstić information content (AvgIpc) is 2.77. The minimum absolute atomic E-state index is 0. The average molecular weight is 478 g/mol. The van der Waals surface area contributed by atoms with Crippen LogP contribution in [0, 0.1) is 27.7 Å². The van der Waals surface area contributed by atoms with E-state index < -0.39 is 0 Å². The predicted molar refractivity (Wildman–Crippen MR) is 79.4 cm³/mol. The van der Waals surface area contributed by atoms with Crippen molar-refractivity contribution in [1.29, 1.82) is 0 Å². The maximum Gasteiger partial charge on any atom is -0.0635 e. The van der Waals surface area contributed by atoms with Crippen LogP contribution in [0.15, 0.2) is 36.4 Å². The minimum atomic E-state index is 0. The van der Waals surface area contributed by atoms with Crippen LogP contribution in [0.5, 0.6) is 0 Å². The monoisotopic (exact) mass is 478 g/mol. The van der Waals surface area contributed by atoms with Gasteiger partial charge in [-0.05, 0) is 0 Å². The molecule has 3 heteroatoms. The fourth-order valence-corrected chi connectivity index (χ4v) is 1.32. The molecule has 0 saturated carbocycles. The van der Waals surface area contributed by atoms with E-state index in [1.165, 1.54) is 46.1 Å². The number of halogens is 2. The third-order valence-electron chi connectivity index (χ3n) is 2.38. The van der Waals surface area contributed by atoms with Crippen LogP contribution in [0.1, 0.15) is 36.1 Å². The summed E-state index contributed by atoms with van der Waals surface area (Å²) < 4.78 is 1.56. The first kappa shape index (κ1) is 25.0. The summed E-state index contributed by atoms with van der Waals surface area (Å²) in [5, 5.41) is 0. The molecule has 2 aromatic rings. The molecule has 0 aliphatic rings. The number of rotatable bonds is 0. The number of hydrogen-bond acceptors (Lipinski definition) is 0. The first-order valence-electron chi connectivity index (χ1n) is 6.23. The molecular formula is C17H24Cl2Hf-2. The zero-order valence-corrected chi connectivity index (χ0v) is 18.3. The summed E-state index contributed by atoms with van der Waals surface area (Å²) in [6, 6.07) is 12.7. The number of aryl methyl sites for hydroxylation is 4. The minimum Gasteiger partial charge on any atom is -1.00 e. The van der Waals surface area contributed by atoms with E-state index in [0.29, 0.717) is 0 Å². The van der Waals surface area contributed by atoms with Crippen molar-refractivity contribution in [1.82, 2.24) is 0 Å². The van der Waals surface area contributed by atoms with Crippen molar-refractivity contribution >= 4 is 3.26 Å². The van der Waals surface area contributed by atoms with Crippen LogP contribution >= 0.6 is 0 Å². The molecule has 0 saturated heterocycles. The molecular weight excluding hydrogens is 454 g/mol. The smallest absolute Gasteiger partial charge is 0.0635 e. The predicted octanol–water partition coefficient (Wildman–Crippen LogP) is -1.20.